The highest BCUT2D eigenvalue weighted by atomic mass is 35.5. The van der Waals surface area contributed by atoms with Crippen molar-refractivity contribution in [3.05, 3.63) is 89.6 Å². The Morgan fingerprint density at radius 3 is 2.69 bits per heavy atom. The third-order valence-corrected chi connectivity index (χ3v) is 7.52. The first-order valence-corrected chi connectivity index (χ1v) is 14.7. The molecular weight excluding hydrogens is 603 g/mol. The second-order valence-electron chi connectivity index (χ2n) is 10.2. The van der Waals surface area contributed by atoms with Gasteiger partial charge in [0, 0.05) is 49.0 Å². The third kappa shape index (κ3) is 7.14. The molecule has 1 fully saturated rings. The second kappa shape index (κ2) is 13.9. The zero-order chi connectivity index (χ0) is 31.2. The summed E-state index contributed by atoms with van der Waals surface area (Å²) in [5.74, 6) is 0.181. The van der Waals surface area contributed by atoms with Crippen LogP contribution >= 0.6 is 11.6 Å². The molecule has 1 aliphatic heterocycles. The first-order valence-electron chi connectivity index (χ1n) is 14.3. The molecule has 3 heterocycles. The molecule has 0 spiro atoms. The number of aromatic nitrogens is 4. The van der Waals surface area contributed by atoms with Crippen molar-refractivity contribution in [2.45, 2.75) is 6.42 Å². The number of pyridine rings is 1. The zero-order valence-electron chi connectivity index (χ0n) is 24.4. The number of amides is 1. The van der Waals surface area contributed by atoms with Gasteiger partial charge in [0.05, 0.1) is 49.4 Å². The maximum absolute atomic E-state index is 15.2. The van der Waals surface area contributed by atoms with Crippen LogP contribution in [0.3, 0.4) is 0 Å². The monoisotopic (exact) mass is 632 g/mol. The number of hydrogen-bond acceptors (Lipinski definition) is 9. The number of hydrogen-bond donors (Lipinski definition) is 1. The third-order valence-electron chi connectivity index (χ3n) is 7.20. The Morgan fingerprint density at radius 2 is 1.89 bits per heavy atom. The van der Waals surface area contributed by atoms with Gasteiger partial charge in [-0.25, -0.2) is 9.07 Å². The van der Waals surface area contributed by atoms with Crippen LogP contribution in [0.4, 0.5) is 10.1 Å². The summed E-state index contributed by atoms with van der Waals surface area (Å²) in [5, 5.41) is 11.6. The van der Waals surface area contributed by atoms with E-state index >= 15 is 4.39 Å². The minimum atomic E-state index is -0.676. The molecule has 0 bridgehead atoms. The Morgan fingerprint density at radius 1 is 1.04 bits per heavy atom. The van der Waals surface area contributed by atoms with Crippen molar-refractivity contribution in [3.8, 4) is 28.7 Å². The summed E-state index contributed by atoms with van der Waals surface area (Å²) in [6.07, 6.45) is 3.87. The highest BCUT2D eigenvalue weighted by Crippen LogP contribution is 2.38. The van der Waals surface area contributed by atoms with Gasteiger partial charge in [-0.1, -0.05) is 28.9 Å². The molecule has 0 aliphatic carbocycles. The molecule has 1 amide bonds. The minimum Gasteiger partial charge on any atom is -0.493 e. The van der Waals surface area contributed by atoms with Gasteiger partial charge in [-0.3, -0.25) is 14.7 Å². The van der Waals surface area contributed by atoms with E-state index in [1.54, 1.807) is 55.8 Å². The molecule has 232 valence electrons. The number of rotatable bonds is 11. The number of fused-ring (bicyclic) bond motifs is 1. The van der Waals surface area contributed by atoms with E-state index in [2.05, 4.69) is 25.5 Å². The van der Waals surface area contributed by atoms with E-state index < -0.39 is 11.7 Å². The molecule has 6 rings (SSSR count). The molecule has 45 heavy (non-hydrogen) atoms. The number of nitrogens with one attached hydrogen (secondary N) is 1. The molecule has 1 aliphatic rings. The van der Waals surface area contributed by atoms with Gasteiger partial charge in [0.25, 0.3) is 5.91 Å². The highest BCUT2D eigenvalue weighted by Gasteiger charge is 2.17. The molecule has 0 saturated carbocycles. The maximum Gasteiger partial charge on any atom is 0.277 e. The summed E-state index contributed by atoms with van der Waals surface area (Å²) in [6, 6.07) is 16.3. The average Bonchev–Trinajstić information content (AvgIpc) is 3.55. The second-order valence-corrected chi connectivity index (χ2v) is 10.6. The molecule has 1 saturated heterocycles. The van der Waals surface area contributed by atoms with E-state index in [1.807, 2.05) is 0 Å². The van der Waals surface area contributed by atoms with Crippen molar-refractivity contribution in [2.75, 3.05) is 51.9 Å². The summed E-state index contributed by atoms with van der Waals surface area (Å²) < 4.78 is 39.6. The van der Waals surface area contributed by atoms with Crippen molar-refractivity contribution in [2.24, 2.45) is 0 Å². The number of anilines is 1. The van der Waals surface area contributed by atoms with Crippen LogP contribution in [0.15, 0.2) is 73.1 Å². The normalized spacial score (nSPS) is 13.5. The van der Waals surface area contributed by atoms with E-state index in [0.717, 1.165) is 39.3 Å². The fraction of sp³-hybridized carbons (Fsp3) is 0.250. The summed E-state index contributed by atoms with van der Waals surface area (Å²) >= 11 is 6.21. The van der Waals surface area contributed by atoms with Gasteiger partial charge in [0.2, 0.25) is 0 Å². The average molecular weight is 633 g/mol. The van der Waals surface area contributed by atoms with E-state index in [1.165, 1.54) is 29.1 Å². The molecule has 11 nitrogen and oxygen atoms in total. The van der Waals surface area contributed by atoms with Crippen LogP contribution in [-0.4, -0.2) is 77.3 Å². The van der Waals surface area contributed by atoms with E-state index in [4.69, 9.17) is 30.5 Å². The van der Waals surface area contributed by atoms with Crippen LogP contribution in [0.2, 0.25) is 5.02 Å². The first kappa shape index (κ1) is 30.3. The van der Waals surface area contributed by atoms with Crippen LogP contribution in [-0.2, 0) is 4.74 Å². The maximum atomic E-state index is 15.2. The summed E-state index contributed by atoms with van der Waals surface area (Å²) in [4.78, 5) is 19.6. The first-order chi connectivity index (χ1) is 22.0. The van der Waals surface area contributed by atoms with Gasteiger partial charge in [-0.15, -0.1) is 5.10 Å². The molecule has 0 radical (unpaired) electrons. The zero-order valence-corrected chi connectivity index (χ0v) is 25.2. The number of nitrogens with zero attached hydrogens (tertiary/aromatic N) is 5. The Balaban J connectivity index is 1.12. The number of para-hydroxylation sites is 1. The van der Waals surface area contributed by atoms with Crippen LogP contribution < -0.4 is 19.5 Å². The number of methoxy groups -OCH3 is 1. The quantitative estimate of drug-likeness (QED) is 0.182. The molecule has 3 aromatic carbocycles. The molecular formula is C32H30ClFN6O5. The van der Waals surface area contributed by atoms with E-state index in [-0.39, 0.29) is 17.1 Å². The van der Waals surface area contributed by atoms with Crippen molar-refractivity contribution < 1.29 is 28.1 Å². The van der Waals surface area contributed by atoms with Crippen LogP contribution in [0, 0.1) is 5.82 Å². The van der Waals surface area contributed by atoms with Crippen molar-refractivity contribution >= 4 is 34.1 Å². The number of morpholine rings is 1. The minimum absolute atomic E-state index is 0.0347. The lowest BCUT2D eigenvalue weighted by molar-refractivity contribution is 0.0357. The fourth-order valence-electron chi connectivity index (χ4n) is 4.88. The molecule has 1 N–H and O–H groups in total. The molecule has 2 aromatic heterocycles. The lowest BCUT2D eigenvalue weighted by Crippen LogP contribution is -2.37. The van der Waals surface area contributed by atoms with Crippen molar-refractivity contribution in [1.82, 2.24) is 24.9 Å². The molecule has 5 aromatic rings. The Hall–Kier alpha value is -4.78. The van der Waals surface area contributed by atoms with Gasteiger partial charge in [-0.2, -0.15) is 0 Å². The van der Waals surface area contributed by atoms with Crippen molar-refractivity contribution in [1.29, 1.82) is 0 Å². The predicted molar refractivity (Wildman–Crippen MR) is 166 cm³/mol. The Bertz CT molecular complexity index is 1810. The number of carbonyl (C=O) groups excluding carboxylic acids is 1. The molecule has 13 heteroatoms. The van der Waals surface area contributed by atoms with Gasteiger partial charge < -0.3 is 24.3 Å². The summed E-state index contributed by atoms with van der Waals surface area (Å²) in [5.41, 5.74) is 1.43. The highest BCUT2D eigenvalue weighted by molar-refractivity contribution is 6.32. The van der Waals surface area contributed by atoms with Gasteiger partial charge in [0.1, 0.15) is 5.75 Å². The number of ether oxygens (including phenoxy) is 4. The van der Waals surface area contributed by atoms with Crippen LogP contribution in [0.25, 0.3) is 16.6 Å². The SMILES string of the molecule is COc1cc2c(Oc3ccc(NC(=O)c4cn(-c5ccccc5Cl)nn4)cc3F)ccnc2cc1OCCCN1CCOCC1. The number of benzene rings is 3. The summed E-state index contributed by atoms with van der Waals surface area (Å²) in [7, 11) is 1.56. The largest absolute Gasteiger partial charge is 0.493 e. The standard InChI is InChI=1S/C32H30ClFN6O5/c1-42-30-18-22-25(19-31(30)44-14-4-11-39-12-15-43-16-13-39)35-10-9-28(22)45-29-8-7-21(17-24(29)34)36-32(41)26-20-40(38-37-26)27-6-3-2-5-23(27)33/h2-3,5-10,17-20H,4,11-16H2,1H3,(H,36,41). The van der Waals surface area contributed by atoms with Gasteiger partial charge >= 0.3 is 0 Å². The molecule has 0 unspecified atom stereocenters. The number of carbonyl (C=O) groups is 1. The van der Waals surface area contributed by atoms with Crippen LogP contribution in [0.5, 0.6) is 23.0 Å². The Kier molecular flexibility index (Phi) is 9.34. The number of halogens is 2. The molecule has 0 atom stereocenters. The summed E-state index contributed by atoms with van der Waals surface area (Å²) in [6.45, 7) is 4.82. The Labute approximate surface area is 263 Å². The van der Waals surface area contributed by atoms with Crippen LogP contribution in [0.1, 0.15) is 16.9 Å². The van der Waals surface area contributed by atoms with Gasteiger partial charge in [-0.05, 0) is 42.8 Å². The lowest BCUT2D eigenvalue weighted by atomic mass is 10.1. The van der Waals surface area contributed by atoms with Crippen molar-refractivity contribution in [3.63, 3.8) is 0 Å². The van der Waals surface area contributed by atoms with E-state index in [0.29, 0.717) is 45.5 Å². The lowest BCUT2D eigenvalue weighted by Gasteiger charge is -2.26. The van der Waals surface area contributed by atoms with Gasteiger partial charge in [0.15, 0.2) is 28.8 Å². The smallest absolute Gasteiger partial charge is 0.277 e. The fourth-order valence-corrected chi connectivity index (χ4v) is 5.11. The van der Waals surface area contributed by atoms with E-state index in [9.17, 15) is 4.79 Å². The topological polar surface area (TPSA) is 113 Å². The predicted octanol–water partition coefficient (Wildman–Crippen LogP) is 5.76.